The lowest BCUT2D eigenvalue weighted by Crippen LogP contribution is -2.07. The lowest BCUT2D eigenvalue weighted by atomic mass is 10.2. The summed E-state index contributed by atoms with van der Waals surface area (Å²) in [6, 6.07) is 19.7. The SMILES string of the molecule is C=C/C(CCOCCCCOc1ccccc1)=N\OC.C=C/C(COCCCCCOc1ccccc1)=N\OC.CC.CC. The molecule has 0 aromatic heterocycles. The molecule has 0 fully saturated rings. The Morgan fingerprint density at radius 1 is 0.568 bits per heavy atom. The molecule has 44 heavy (non-hydrogen) atoms. The highest BCUT2D eigenvalue weighted by Gasteiger charge is 1.98. The Balaban J connectivity index is 0. The van der Waals surface area contributed by atoms with Crippen LogP contribution in [0.5, 0.6) is 11.5 Å². The molecule has 0 saturated heterocycles. The van der Waals surface area contributed by atoms with Crippen molar-refractivity contribution in [2.24, 2.45) is 10.3 Å². The van der Waals surface area contributed by atoms with Crippen LogP contribution in [-0.4, -0.2) is 65.3 Å². The van der Waals surface area contributed by atoms with Crippen LogP contribution in [0.15, 0.2) is 96.3 Å². The smallest absolute Gasteiger partial charge is 0.119 e. The molecule has 0 saturated carbocycles. The number of oxime groups is 2. The van der Waals surface area contributed by atoms with Crippen molar-refractivity contribution in [1.29, 1.82) is 0 Å². The van der Waals surface area contributed by atoms with Crippen LogP contribution in [0, 0.1) is 0 Å². The van der Waals surface area contributed by atoms with E-state index in [0.29, 0.717) is 25.5 Å². The number of para-hydroxylation sites is 2. The van der Waals surface area contributed by atoms with Crippen molar-refractivity contribution in [2.75, 3.05) is 53.9 Å². The first-order valence-electron chi connectivity index (χ1n) is 15.7. The Bertz CT molecular complexity index is 859. The average molecular weight is 615 g/mol. The van der Waals surface area contributed by atoms with E-state index in [1.807, 2.05) is 88.4 Å². The third-order valence-corrected chi connectivity index (χ3v) is 5.28. The third kappa shape index (κ3) is 27.2. The van der Waals surface area contributed by atoms with E-state index in [-0.39, 0.29) is 0 Å². The van der Waals surface area contributed by atoms with Crippen LogP contribution in [-0.2, 0) is 19.1 Å². The first kappa shape index (κ1) is 42.5. The minimum absolute atomic E-state index is 0.442. The van der Waals surface area contributed by atoms with Crippen LogP contribution in [0.2, 0.25) is 0 Å². The summed E-state index contributed by atoms with van der Waals surface area (Å²) in [6.07, 6.45) is 9.12. The van der Waals surface area contributed by atoms with Crippen LogP contribution in [0.4, 0.5) is 0 Å². The number of hydrogen-bond donors (Lipinski definition) is 0. The van der Waals surface area contributed by atoms with Gasteiger partial charge in [-0.1, -0.05) is 87.6 Å². The summed E-state index contributed by atoms with van der Waals surface area (Å²) >= 11 is 0. The van der Waals surface area contributed by atoms with E-state index in [9.17, 15) is 0 Å². The molecule has 2 aromatic carbocycles. The molecule has 0 spiro atoms. The van der Waals surface area contributed by atoms with Crippen LogP contribution < -0.4 is 9.47 Å². The first-order valence-corrected chi connectivity index (χ1v) is 15.7. The third-order valence-electron chi connectivity index (χ3n) is 5.28. The molecule has 2 aromatic rings. The molecule has 8 heteroatoms. The van der Waals surface area contributed by atoms with Crippen molar-refractivity contribution in [3.8, 4) is 11.5 Å². The topological polar surface area (TPSA) is 80.1 Å². The van der Waals surface area contributed by atoms with Crippen molar-refractivity contribution in [2.45, 2.75) is 66.2 Å². The minimum Gasteiger partial charge on any atom is -0.494 e. The number of benzene rings is 2. The van der Waals surface area contributed by atoms with Gasteiger partial charge in [-0.05, 0) is 68.5 Å². The first-order chi connectivity index (χ1) is 21.7. The lowest BCUT2D eigenvalue weighted by molar-refractivity contribution is 0.131. The van der Waals surface area contributed by atoms with Gasteiger partial charge in [0.1, 0.15) is 31.4 Å². The van der Waals surface area contributed by atoms with E-state index in [2.05, 4.69) is 28.3 Å². The summed E-state index contributed by atoms with van der Waals surface area (Å²) in [5.41, 5.74) is 1.51. The molecule has 0 unspecified atom stereocenters. The number of nitrogens with zero attached hydrogens (tertiary/aromatic N) is 2. The Kier molecular flexibility index (Phi) is 34.4. The highest BCUT2D eigenvalue weighted by molar-refractivity contribution is 5.95. The van der Waals surface area contributed by atoms with Crippen molar-refractivity contribution >= 4 is 11.4 Å². The van der Waals surface area contributed by atoms with Crippen LogP contribution in [0.3, 0.4) is 0 Å². The van der Waals surface area contributed by atoms with Gasteiger partial charge in [0.05, 0.1) is 32.1 Å². The fourth-order valence-corrected chi connectivity index (χ4v) is 3.20. The molecule has 8 nitrogen and oxygen atoms in total. The van der Waals surface area contributed by atoms with Crippen molar-refractivity contribution < 1.29 is 28.6 Å². The van der Waals surface area contributed by atoms with Crippen LogP contribution >= 0.6 is 0 Å². The second-order valence-corrected chi connectivity index (χ2v) is 8.44. The highest BCUT2D eigenvalue weighted by atomic mass is 16.6. The predicted octanol–water partition coefficient (Wildman–Crippen LogP) is 8.93. The molecular weight excluding hydrogens is 556 g/mol. The average Bonchev–Trinajstić information content (AvgIpc) is 3.09. The summed E-state index contributed by atoms with van der Waals surface area (Å²) in [4.78, 5) is 9.36. The van der Waals surface area contributed by atoms with Gasteiger partial charge < -0.3 is 28.6 Å². The number of ether oxygens (including phenoxy) is 4. The monoisotopic (exact) mass is 614 g/mol. The Hall–Kier alpha value is -3.62. The maximum absolute atomic E-state index is 5.61. The summed E-state index contributed by atoms with van der Waals surface area (Å²) in [5, 5.41) is 7.60. The molecule has 0 aliphatic rings. The number of hydrogen-bond acceptors (Lipinski definition) is 8. The molecule has 0 amide bonds. The normalized spacial score (nSPS) is 10.4. The van der Waals surface area contributed by atoms with Crippen LogP contribution in [0.25, 0.3) is 0 Å². The zero-order valence-corrected chi connectivity index (χ0v) is 28.2. The quantitative estimate of drug-likeness (QED) is 0.0748. The Morgan fingerprint density at radius 3 is 1.50 bits per heavy atom. The van der Waals surface area contributed by atoms with Crippen molar-refractivity contribution in [3.63, 3.8) is 0 Å². The van der Waals surface area contributed by atoms with Crippen molar-refractivity contribution in [1.82, 2.24) is 0 Å². The molecule has 2 rings (SSSR count). The molecule has 0 aliphatic heterocycles. The largest absolute Gasteiger partial charge is 0.494 e. The second-order valence-electron chi connectivity index (χ2n) is 8.44. The van der Waals surface area contributed by atoms with E-state index in [4.69, 9.17) is 23.8 Å². The Morgan fingerprint density at radius 2 is 1.00 bits per heavy atom. The van der Waals surface area contributed by atoms with Gasteiger partial charge in [0.15, 0.2) is 0 Å². The summed E-state index contributed by atoms with van der Waals surface area (Å²) in [5.74, 6) is 1.84. The molecule has 0 heterocycles. The minimum atomic E-state index is 0.442. The van der Waals surface area contributed by atoms with E-state index in [1.54, 1.807) is 12.2 Å². The fraction of sp³-hybridized carbons (Fsp3) is 0.500. The van der Waals surface area contributed by atoms with Gasteiger partial charge in [-0.3, -0.25) is 0 Å². The van der Waals surface area contributed by atoms with Gasteiger partial charge in [-0.15, -0.1) is 0 Å². The molecule has 0 bridgehead atoms. The van der Waals surface area contributed by atoms with Gasteiger partial charge in [0, 0.05) is 19.6 Å². The maximum atomic E-state index is 5.61. The summed E-state index contributed by atoms with van der Waals surface area (Å²) in [6.45, 7) is 19.3. The molecule has 248 valence electrons. The van der Waals surface area contributed by atoms with Crippen molar-refractivity contribution in [3.05, 3.63) is 86.0 Å². The number of rotatable bonds is 22. The van der Waals surface area contributed by atoms with E-state index in [1.165, 1.54) is 14.2 Å². The second kappa shape index (κ2) is 35.6. The van der Waals surface area contributed by atoms with Gasteiger partial charge in [0.25, 0.3) is 0 Å². The zero-order chi connectivity index (χ0) is 32.9. The molecule has 0 atom stereocenters. The Labute approximate surface area is 267 Å². The predicted molar refractivity (Wildman–Crippen MR) is 185 cm³/mol. The summed E-state index contributed by atoms with van der Waals surface area (Å²) < 4.78 is 22.2. The molecule has 0 aliphatic carbocycles. The highest BCUT2D eigenvalue weighted by Crippen LogP contribution is 2.10. The van der Waals surface area contributed by atoms with E-state index in [0.717, 1.165) is 75.6 Å². The van der Waals surface area contributed by atoms with Crippen LogP contribution in [0.1, 0.15) is 66.2 Å². The maximum Gasteiger partial charge on any atom is 0.119 e. The summed E-state index contributed by atoms with van der Waals surface area (Å²) in [7, 11) is 3.04. The number of unbranched alkanes of at least 4 members (excludes halogenated alkanes) is 3. The van der Waals surface area contributed by atoms with E-state index < -0.39 is 0 Å². The van der Waals surface area contributed by atoms with E-state index >= 15 is 0 Å². The molecule has 0 radical (unpaired) electrons. The van der Waals surface area contributed by atoms with Gasteiger partial charge in [-0.25, -0.2) is 0 Å². The molecule has 0 N–H and O–H groups in total. The lowest BCUT2D eigenvalue weighted by Gasteiger charge is -2.06. The van der Waals surface area contributed by atoms with Gasteiger partial charge in [-0.2, -0.15) is 0 Å². The van der Waals surface area contributed by atoms with Gasteiger partial charge >= 0.3 is 0 Å². The van der Waals surface area contributed by atoms with Gasteiger partial charge in [0.2, 0.25) is 0 Å². The standard InChI is InChI=1S/2C16H23NO3.2C2H6/c1-3-15(17-18-2)14-19-12-8-5-9-13-20-16-10-6-4-7-11-16;1-3-15(17-18-2)11-14-19-12-7-8-13-20-16-9-5-4-6-10-16;2*1-2/h3-4,6-7,10-11H,1,5,8-9,12-14H2,2H3;3-6,9-10H,1,7-8,11-14H2,2H3;2*1-2H3/b2*17-15+;;. The number of allylic oxidation sites excluding steroid dienone is 1. The molecular formula is C36H58N2O6. The fourth-order valence-electron chi connectivity index (χ4n) is 3.20. The zero-order valence-electron chi connectivity index (χ0n) is 28.2.